The normalized spacial score (nSPS) is 13.8. The molecule has 6 N–H and O–H groups in total. The Bertz CT molecular complexity index is 1310. The van der Waals surface area contributed by atoms with Gasteiger partial charge in [0.15, 0.2) is 0 Å². The van der Waals surface area contributed by atoms with E-state index in [4.69, 9.17) is 17.1 Å². The second kappa shape index (κ2) is 19.3. The Hall–Kier alpha value is -3.11. The second-order valence-electron chi connectivity index (χ2n) is 12.7. The first-order chi connectivity index (χ1) is 21.3. The Balaban J connectivity index is 0.000000588. The lowest BCUT2D eigenvalue weighted by molar-refractivity contribution is 0.339. The van der Waals surface area contributed by atoms with Crippen LogP contribution in [0.4, 0.5) is 5.69 Å². The van der Waals surface area contributed by atoms with E-state index in [1.54, 1.807) is 0 Å². The van der Waals surface area contributed by atoms with E-state index in [1.807, 2.05) is 25.3 Å². The van der Waals surface area contributed by atoms with E-state index in [9.17, 15) is 0 Å². The third-order valence-electron chi connectivity index (χ3n) is 8.58. The first-order valence-corrected chi connectivity index (χ1v) is 16.8. The lowest BCUT2D eigenvalue weighted by Crippen LogP contribution is -2.29. The number of terminal acetylenes is 1. The number of hydrazine groups is 1. The van der Waals surface area contributed by atoms with E-state index < -0.39 is 0 Å². The van der Waals surface area contributed by atoms with Crippen LogP contribution in [0.2, 0.25) is 0 Å². The van der Waals surface area contributed by atoms with Gasteiger partial charge in [-0.15, -0.1) is 18.9 Å². The minimum atomic E-state index is -0.134. The number of hydrogen-bond donors (Lipinski definition) is 3. The van der Waals surface area contributed by atoms with E-state index >= 15 is 0 Å². The molecular formula is C38H60N6. The molecule has 0 saturated carbocycles. The summed E-state index contributed by atoms with van der Waals surface area (Å²) in [7, 11) is 0. The van der Waals surface area contributed by atoms with Crippen molar-refractivity contribution in [3.05, 3.63) is 60.4 Å². The van der Waals surface area contributed by atoms with Crippen molar-refractivity contribution in [2.24, 2.45) is 22.8 Å². The molecule has 0 amide bonds. The molecule has 3 heterocycles. The molecule has 2 aromatic heterocycles. The van der Waals surface area contributed by atoms with Crippen LogP contribution in [-0.4, -0.2) is 22.6 Å². The lowest BCUT2D eigenvalue weighted by Gasteiger charge is -2.29. The van der Waals surface area contributed by atoms with Gasteiger partial charge in [-0.05, 0) is 100 Å². The van der Waals surface area contributed by atoms with Gasteiger partial charge in [0.1, 0.15) is 0 Å². The maximum absolute atomic E-state index is 6.40. The van der Waals surface area contributed by atoms with Crippen LogP contribution in [0.3, 0.4) is 0 Å². The number of benzene rings is 1. The molecule has 1 saturated heterocycles. The molecule has 0 bridgehead atoms. The first-order valence-electron chi connectivity index (χ1n) is 16.8. The summed E-state index contributed by atoms with van der Waals surface area (Å²) < 4.78 is 2.46. The van der Waals surface area contributed by atoms with Gasteiger partial charge in [0.2, 0.25) is 0 Å². The Kier molecular flexibility index (Phi) is 16.3. The molecule has 1 atom stereocenters. The number of hydrogen-bond acceptors (Lipinski definition) is 5. The molecule has 6 heteroatoms. The smallest absolute Gasteiger partial charge is 0.0661 e. The number of nitrogens with two attached hydrogens (primary N) is 3. The van der Waals surface area contributed by atoms with Crippen LogP contribution >= 0.6 is 0 Å². The summed E-state index contributed by atoms with van der Waals surface area (Å²) in [5.41, 5.74) is 13.9. The molecule has 1 aliphatic rings. The summed E-state index contributed by atoms with van der Waals surface area (Å²) in [4.78, 5) is 7.26. The molecule has 242 valence electrons. The molecule has 4 rings (SSSR count). The van der Waals surface area contributed by atoms with Crippen molar-refractivity contribution in [1.82, 2.24) is 9.55 Å². The van der Waals surface area contributed by atoms with Gasteiger partial charge >= 0.3 is 0 Å². The number of aromatic nitrogens is 2. The molecule has 3 aromatic rings. The van der Waals surface area contributed by atoms with Crippen molar-refractivity contribution < 1.29 is 0 Å². The summed E-state index contributed by atoms with van der Waals surface area (Å²) >= 11 is 0. The number of rotatable bonds is 13. The van der Waals surface area contributed by atoms with Gasteiger partial charge in [-0.25, -0.2) is 0 Å². The van der Waals surface area contributed by atoms with Crippen molar-refractivity contribution in [2.75, 3.05) is 18.0 Å². The number of unbranched alkanes of at least 4 members (excludes halogenated alkanes) is 4. The molecule has 44 heavy (non-hydrogen) atoms. The highest BCUT2D eigenvalue weighted by molar-refractivity contribution is 5.94. The van der Waals surface area contributed by atoms with Crippen LogP contribution in [-0.2, 0) is 13.0 Å². The predicted molar refractivity (Wildman–Crippen MR) is 192 cm³/mol. The monoisotopic (exact) mass is 600 g/mol. The fourth-order valence-corrected chi connectivity index (χ4v) is 6.25. The minimum Gasteiger partial charge on any atom is -0.372 e. The largest absolute Gasteiger partial charge is 0.372 e. The summed E-state index contributed by atoms with van der Waals surface area (Å²) in [6.45, 7) is 18.0. The molecule has 1 aliphatic heterocycles. The molecular weight excluding hydrogens is 540 g/mol. The Morgan fingerprint density at radius 3 is 2.43 bits per heavy atom. The van der Waals surface area contributed by atoms with Crippen LogP contribution in [0.25, 0.3) is 22.2 Å². The number of nitrogens with zero attached hydrogens (tertiary/aromatic N) is 3. The van der Waals surface area contributed by atoms with Gasteiger partial charge in [0.25, 0.3) is 0 Å². The van der Waals surface area contributed by atoms with E-state index in [1.165, 1.54) is 79.2 Å². The second-order valence-corrected chi connectivity index (χ2v) is 12.7. The Labute approximate surface area is 268 Å². The Morgan fingerprint density at radius 2 is 1.82 bits per heavy atom. The minimum absolute atomic E-state index is 0.0891. The quantitative estimate of drug-likeness (QED) is 0.0599. The van der Waals surface area contributed by atoms with E-state index in [0.717, 1.165) is 50.2 Å². The molecule has 6 nitrogen and oxygen atoms in total. The van der Waals surface area contributed by atoms with Crippen molar-refractivity contribution in [1.29, 1.82) is 0 Å². The molecule has 0 aliphatic carbocycles. The number of aryl methyl sites for hydroxylation is 1. The van der Waals surface area contributed by atoms with Gasteiger partial charge in [0, 0.05) is 60.4 Å². The zero-order chi connectivity index (χ0) is 32.5. The van der Waals surface area contributed by atoms with Crippen LogP contribution < -0.4 is 22.3 Å². The highest BCUT2D eigenvalue weighted by atomic mass is 15.1. The summed E-state index contributed by atoms with van der Waals surface area (Å²) in [5, 5.41) is 1.35. The van der Waals surface area contributed by atoms with Crippen LogP contribution in [0.15, 0.2) is 49.2 Å². The average Bonchev–Trinajstić information content (AvgIpc) is 3.35. The van der Waals surface area contributed by atoms with Crippen molar-refractivity contribution in [2.45, 2.75) is 118 Å². The third kappa shape index (κ3) is 10.2. The molecule has 1 fully saturated rings. The maximum atomic E-state index is 6.40. The summed E-state index contributed by atoms with van der Waals surface area (Å²) in [6.07, 6.45) is 22.8. The maximum Gasteiger partial charge on any atom is 0.0661 e. The van der Waals surface area contributed by atoms with Crippen LogP contribution in [0.1, 0.15) is 116 Å². The van der Waals surface area contributed by atoms with Crippen LogP contribution in [0.5, 0.6) is 0 Å². The first kappa shape index (κ1) is 37.1. The molecule has 0 spiro atoms. The van der Waals surface area contributed by atoms with Gasteiger partial charge in [0.05, 0.1) is 11.4 Å². The van der Waals surface area contributed by atoms with Crippen molar-refractivity contribution >= 4 is 16.6 Å². The van der Waals surface area contributed by atoms with E-state index in [2.05, 4.69) is 85.6 Å². The van der Waals surface area contributed by atoms with E-state index in [-0.39, 0.29) is 11.5 Å². The zero-order valence-corrected chi connectivity index (χ0v) is 28.4. The number of fused-ring (bicyclic) bond motifs is 1. The van der Waals surface area contributed by atoms with Gasteiger partial charge in [-0.2, -0.15) is 0 Å². The SMILES string of the molecule is C#CCCC(C)(C)Cc1c(-c2cccnc2C(C)N)n(CC)c2ccc(N3CCCCC3)cc12.C=CCCCCCC.NN. The molecule has 1 unspecified atom stereocenters. The standard InChI is InChI=1S/C30H40N4.C8H16.H4N2/c1-6-8-16-30(4,5)21-26-25-20-23(33-18-10-9-11-19-33)14-15-27(25)34(7-2)29(26)24-13-12-17-32-28(24)22(3)31;1-3-5-7-8-6-4-2;1-2/h1,12-15,17,20,22H,7-11,16,18-19,21,31H2,2-5H3;3H,1,4-8H2,2H3;1-2H2. The molecule has 1 aromatic carbocycles. The number of anilines is 1. The van der Waals surface area contributed by atoms with E-state index in [0.29, 0.717) is 0 Å². The molecule has 0 radical (unpaired) electrons. The zero-order valence-electron chi connectivity index (χ0n) is 28.4. The summed E-state index contributed by atoms with van der Waals surface area (Å²) in [6, 6.07) is 11.2. The van der Waals surface area contributed by atoms with Crippen LogP contribution in [0, 0.1) is 17.8 Å². The Morgan fingerprint density at radius 1 is 1.09 bits per heavy atom. The number of pyridine rings is 1. The van der Waals surface area contributed by atoms with Gasteiger partial charge in [-0.1, -0.05) is 46.1 Å². The summed E-state index contributed by atoms with van der Waals surface area (Å²) in [5.74, 6) is 10.8. The van der Waals surface area contributed by atoms with Gasteiger partial charge in [-0.3, -0.25) is 16.7 Å². The fraction of sp³-hybridized carbons (Fsp3) is 0.553. The highest BCUT2D eigenvalue weighted by Gasteiger charge is 2.27. The third-order valence-corrected chi connectivity index (χ3v) is 8.58. The van der Waals surface area contributed by atoms with Gasteiger partial charge < -0.3 is 15.2 Å². The van der Waals surface area contributed by atoms with Crippen molar-refractivity contribution in [3.8, 4) is 23.6 Å². The topological polar surface area (TPSA) is 99.1 Å². The number of piperidine rings is 1. The van der Waals surface area contributed by atoms with Crippen molar-refractivity contribution in [3.63, 3.8) is 0 Å². The predicted octanol–water partition coefficient (Wildman–Crippen LogP) is 8.68. The highest BCUT2D eigenvalue weighted by Crippen LogP contribution is 2.42. The number of allylic oxidation sites excluding steroid dienone is 1. The lowest BCUT2D eigenvalue weighted by atomic mass is 9.80. The fourth-order valence-electron chi connectivity index (χ4n) is 6.25. The average molecular weight is 601 g/mol.